The zero-order valence-corrected chi connectivity index (χ0v) is 18.2. The van der Waals surface area contributed by atoms with Gasteiger partial charge in [0.1, 0.15) is 6.61 Å². The fraction of sp³-hybridized carbons (Fsp3) is 0.864. The highest BCUT2D eigenvalue weighted by atomic mass is 35.5. The number of likely N-dealkylation sites (N-methyl/N-ethyl adjacent to an activating group) is 1. The zero-order chi connectivity index (χ0) is 20.5. The van der Waals surface area contributed by atoms with E-state index >= 15 is 0 Å². The maximum absolute atomic E-state index is 11.5. The summed E-state index contributed by atoms with van der Waals surface area (Å²) in [5.41, 5.74) is 0. The summed E-state index contributed by atoms with van der Waals surface area (Å²) in [5, 5.41) is 21.0. The molecule has 6 heteroatoms. The molecule has 2 saturated carbocycles. The average molecular weight is 416 g/mol. The molecule has 2 aliphatic rings. The number of amides is 1. The van der Waals surface area contributed by atoms with Crippen LogP contribution in [0.25, 0.3) is 0 Å². The van der Waals surface area contributed by atoms with Crippen LogP contribution in [0.4, 0.5) is 0 Å². The van der Waals surface area contributed by atoms with Gasteiger partial charge in [0.2, 0.25) is 5.91 Å². The number of hydrogen-bond acceptors (Lipinski definition) is 4. The van der Waals surface area contributed by atoms with Crippen molar-refractivity contribution in [2.45, 2.75) is 75.4 Å². The first-order chi connectivity index (χ1) is 13.4. The predicted molar refractivity (Wildman–Crippen MR) is 112 cm³/mol. The smallest absolute Gasteiger partial charge is 0.248 e. The molecule has 2 N–H and O–H groups in total. The van der Waals surface area contributed by atoms with Gasteiger partial charge in [-0.2, -0.15) is 0 Å². The molecule has 2 rings (SSSR count). The van der Waals surface area contributed by atoms with E-state index in [9.17, 15) is 15.0 Å². The molecule has 0 aromatic rings. The van der Waals surface area contributed by atoms with E-state index in [0.717, 1.165) is 32.1 Å². The Morgan fingerprint density at radius 1 is 1.21 bits per heavy atom. The summed E-state index contributed by atoms with van der Waals surface area (Å²) in [5.74, 6) is 0.737. The van der Waals surface area contributed by atoms with Crippen LogP contribution >= 0.6 is 11.6 Å². The molecule has 0 saturated heterocycles. The van der Waals surface area contributed by atoms with Gasteiger partial charge in [-0.15, -0.1) is 11.6 Å². The van der Waals surface area contributed by atoms with Gasteiger partial charge in [0, 0.05) is 19.5 Å². The van der Waals surface area contributed by atoms with E-state index in [1.54, 1.807) is 14.1 Å². The lowest BCUT2D eigenvalue weighted by Gasteiger charge is -2.29. The molecule has 0 bridgehead atoms. The van der Waals surface area contributed by atoms with Crippen LogP contribution in [-0.4, -0.2) is 65.9 Å². The topological polar surface area (TPSA) is 70.0 Å². The van der Waals surface area contributed by atoms with E-state index in [-0.39, 0.29) is 41.9 Å². The lowest BCUT2D eigenvalue weighted by molar-refractivity contribution is -0.133. The van der Waals surface area contributed by atoms with E-state index < -0.39 is 0 Å². The molecule has 5 atom stereocenters. The molecule has 0 aromatic carbocycles. The number of aliphatic hydroxyl groups is 2. The predicted octanol–water partition coefficient (Wildman–Crippen LogP) is 3.36. The van der Waals surface area contributed by atoms with Crippen molar-refractivity contribution in [2.24, 2.45) is 17.8 Å². The van der Waals surface area contributed by atoms with Gasteiger partial charge in [0.05, 0.1) is 18.8 Å². The van der Waals surface area contributed by atoms with Gasteiger partial charge in [0.15, 0.2) is 0 Å². The molecule has 2 fully saturated rings. The first-order valence-corrected chi connectivity index (χ1v) is 11.3. The first kappa shape index (κ1) is 23.7. The summed E-state index contributed by atoms with van der Waals surface area (Å²) in [7, 11) is 3.41. The van der Waals surface area contributed by atoms with Crippen molar-refractivity contribution in [2.75, 3.05) is 27.3 Å². The molecule has 0 heterocycles. The van der Waals surface area contributed by atoms with Crippen LogP contribution in [0, 0.1) is 17.8 Å². The molecule has 2 unspecified atom stereocenters. The zero-order valence-electron chi connectivity index (χ0n) is 17.4. The lowest BCUT2D eigenvalue weighted by atomic mass is 9.81. The summed E-state index contributed by atoms with van der Waals surface area (Å²) < 4.78 is 5.35. The van der Waals surface area contributed by atoms with E-state index in [0.29, 0.717) is 18.9 Å². The number of nitrogens with zero attached hydrogens (tertiary/aromatic N) is 1. The van der Waals surface area contributed by atoms with Crippen LogP contribution in [0.5, 0.6) is 0 Å². The summed E-state index contributed by atoms with van der Waals surface area (Å²) in [6, 6.07) is 0. The first-order valence-electron chi connectivity index (χ1n) is 10.8. The normalized spacial score (nSPS) is 30.0. The Labute approximate surface area is 175 Å². The minimum absolute atomic E-state index is 0.0345. The number of carbonyl (C=O) groups is 1. The van der Waals surface area contributed by atoms with Gasteiger partial charge in [-0.25, -0.2) is 0 Å². The molecule has 5 nitrogen and oxygen atoms in total. The number of halogens is 1. The Balaban J connectivity index is 1.74. The molecule has 0 aliphatic heterocycles. The SMILES string of the molecule is CN(C)C(=O)COC/C=C\CC1C(CC[C@H](O)C2CCCCC2)[C@@H](O)C[C@@H]1Cl. The Hall–Kier alpha value is -0.620. The second kappa shape index (κ2) is 12.2. The van der Waals surface area contributed by atoms with E-state index in [4.69, 9.17) is 16.3 Å². The third kappa shape index (κ3) is 7.33. The molecule has 162 valence electrons. The van der Waals surface area contributed by atoms with Crippen LogP contribution in [0.2, 0.25) is 0 Å². The fourth-order valence-corrected chi connectivity index (χ4v) is 5.12. The van der Waals surface area contributed by atoms with Gasteiger partial charge in [-0.1, -0.05) is 31.4 Å². The Kier molecular flexibility index (Phi) is 10.3. The van der Waals surface area contributed by atoms with Crippen molar-refractivity contribution >= 4 is 17.5 Å². The minimum Gasteiger partial charge on any atom is -0.393 e. The highest BCUT2D eigenvalue weighted by molar-refractivity contribution is 6.21. The third-order valence-corrected chi connectivity index (χ3v) is 6.98. The van der Waals surface area contributed by atoms with Crippen molar-refractivity contribution in [1.29, 1.82) is 0 Å². The maximum Gasteiger partial charge on any atom is 0.248 e. The summed E-state index contributed by atoms with van der Waals surface area (Å²) in [6.07, 6.45) is 12.4. The van der Waals surface area contributed by atoms with Gasteiger partial charge in [-0.3, -0.25) is 4.79 Å². The highest BCUT2D eigenvalue weighted by Crippen LogP contribution is 2.42. The van der Waals surface area contributed by atoms with Crippen LogP contribution in [0.1, 0.15) is 57.8 Å². The largest absolute Gasteiger partial charge is 0.393 e. The van der Waals surface area contributed by atoms with E-state index in [1.165, 1.54) is 24.2 Å². The molecule has 28 heavy (non-hydrogen) atoms. The van der Waals surface area contributed by atoms with Crippen molar-refractivity contribution in [3.8, 4) is 0 Å². The highest BCUT2D eigenvalue weighted by Gasteiger charge is 2.40. The van der Waals surface area contributed by atoms with Crippen LogP contribution < -0.4 is 0 Å². The fourth-order valence-electron chi connectivity index (χ4n) is 4.65. The Bertz CT molecular complexity index is 493. The third-order valence-electron chi connectivity index (χ3n) is 6.48. The average Bonchev–Trinajstić information content (AvgIpc) is 2.95. The van der Waals surface area contributed by atoms with Gasteiger partial charge in [0.25, 0.3) is 0 Å². The van der Waals surface area contributed by atoms with Crippen LogP contribution in [0.3, 0.4) is 0 Å². The molecule has 0 aromatic heterocycles. The Morgan fingerprint density at radius 3 is 2.61 bits per heavy atom. The number of alkyl halides is 1. The minimum atomic E-state index is -0.381. The summed E-state index contributed by atoms with van der Waals surface area (Å²) >= 11 is 6.51. The molecule has 2 aliphatic carbocycles. The number of ether oxygens (including phenoxy) is 1. The molecule has 1 amide bonds. The molecule has 0 radical (unpaired) electrons. The summed E-state index contributed by atoms with van der Waals surface area (Å²) in [6.45, 7) is 0.478. The second-order valence-corrected chi connectivity index (χ2v) is 9.26. The number of hydrogen-bond donors (Lipinski definition) is 2. The van der Waals surface area contributed by atoms with Crippen molar-refractivity contribution in [3.63, 3.8) is 0 Å². The van der Waals surface area contributed by atoms with Gasteiger partial charge < -0.3 is 19.8 Å². The van der Waals surface area contributed by atoms with E-state index in [1.807, 2.05) is 12.2 Å². The Morgan fingerprint density at radius 2 is 1.93 bits per heavy atom. The number of rotatable bonds is 10. The van der Waals surface area contributed by atoms with Gasteiger partial charge in [-0.05, 0) is 56.3 Å². The van der Waals surface area contributed by atoms with Crippen molar-refractivity contribution in [1.82, 2.24) is 4.90 Å². The van der Waals surface area contributed by atoms with Crippen molar-refractivity contribution < 1.29 is 19.7 Å². The maximum atomic E-state index is 11.5. The van der Waals surface area contributed by atoms with Crippen LogP contribution in [0.15, 0.2) is 12.2 Å². The quantitative estimate of drug-likeness (QED) is 0.326. The van der Waals surface area contributed by atoms with Crippen LogP contribution in [-0.2, 0) is 9.53 Å². The second-order valence-electron chi connectivity index (χ2n) is 8.70. The molecular weight excluding hydrogens is 378 g/mol. The van der Waals surface area contributed by atoms with Gasteiger partial charge >= 0.3 is 0 Å². The number of allylic oxidation sites excluding steroid dienone is 1. The summed E-state index contributed by atoms with van der Waals surface area (Å²) in [4.78, 5) is 13.0. The number of aliphatic hydroxyl groups excluding tert-OH is 2. The monoisotopic (exact) mass is 415 g/mol. The standard InChI is InChI=1S/C22H38ClNO4/c1-24(2)22(27)15-28-13-7-6-10-17-18(21(26)14-19(17)23)11-12-20(25)16-8-4-3-5-9-16/h6-7,16-21,25-26H,3-5,8-15H2,1-2H3/b7-6-/t17?,18?,19-,20-,21-/m0/s1. The molecule has 0 spiro atoms. The van der Waals surface area contributed by atoms with E-state index in [2.05, 4.69) is 0 Å². The number of carbonyl (C=O) groups excluding carboxylic acids is 1. The lowest BCUT2D eigenvalue weighted by Crippen LogP contribution is -2.27. The van der Waals surface area contributed by atoms with Crippen molar-refractivity contribution in [3.05, 3.63) is 12.2 Å². The molecular formula is C22H38ClNO4.